The van der Waals surface area contributed by atoms with Gasteiger partial charge >= 0.3 is 0 Å². The van der Waals surface area contributed by atoms with Gasteiger partial charge in [0, 0.05) is 6.42 Å². The topological polar surface area (TPSA) is 83.6 Å². The zero-order valence-corrected chi connectivity index (χ0v) is 5.03. The largest absolute Gasteiger partial charge is 0.395 e. The molecule has 0 saturated heterocycles. The fourth-order valence-electron chi connectivity index (χ4n) is 0.395. The van der Waals surface area contributed by atoms with E-state index in [4.69, 9.17) is 15.9 Å². The van der Waals surface area contributed by atoms with Crippen molar-refractivity contribution in [2.45, 2.75) is 18.6 Å². The van der Waals surface area contributed by atoms with Crippen LogP contribution in [0.4, 0.5) is 0 Å². The van der Waals surface area contributed by atoms with Crippen molar-refractivity contribution in [3.63, 3.8) is 0 Å². The molecule has 4 N–H and O–H groups in total. The van der Waals surface area contributed by atoms with E-state index in [-0.39, 0.29) is 13.0 Å². The Hall–Kier alpha value is -0.450. The van der Waals surface area contributed by atoms with Crippen LogP contribution in [-0.4, -0.2) is 35.3 Å². The summed E-state index contributed by atoms with van der Waals surface area (Å²) in [5, 5.41) is 17.1. The van der Waals surface area contributed by atoms with Crippen LogP contribution in [0.1, 0.15) is 6.42 Å². The number of rotatable bonds is 4. The molecule has 9 heavy (non-hydrogen) atoms. The maximum Gasteiger partial charge on any atom is 0.122 e. The first kappa shape index (κ1) is 8.55. The molecule has 4 nitrogen and oxygen atoms in total. The maximum atomic E-state index is 9.74. The van der Waals surface area contributed by atoms with Gasteiger partial charge in [-0.15, -0.1) is 0 Å². The highest BCUT2D eigenvalue weighted by molar-refractivity contribution is 5.50. The van der Waals surface area contributed by atoms with Gasteiger partial charge in [-0.25, -0.2) is 0 Å². The number of aldehydes is 1. The van der Waals surface area contributed by atoms with E-state index in [9.17, 15) is 4.79 Å². The first-order valence-corrected chi connectivity index (χ1v) is 2.70. The highest BCUT2D eigenvalue weighted by atomic mass is 16.3. The molecule has 2 atom stereocenters. The molecular formula is C5H11NO3. The summed E-state index contributed by atoms with van der Waals surface area (Å²) in [5.41, 5.74) is 5.14. The molecule has 0 spiro atoms. The molecule has 0 saturated carbocycles. The van der Waals surface area contributed by atoms with Crippen LogP contribution in [0.2, 0.25) is 0 Å². The van der Waals surface area contributed by atoms with Crippen LogP contribution in [-0.2, 0) is 4.79 Å². The van der Waals surface area contributed by atoms with Gasteiger partial charge in [0.25, 0.3) is 0 Å². The standard InChI is InChI=1S/C5H11NO3/c6-4(3-8)5(9)1-2-7/h2,4-5,8-9H,1,3,6H2. The molecule has 0 aromatic rings. The van der Waals surface area contributed by atoms with Crippen molar-refractivity contribution < 1.29 is 15.0 Å². The van der Waals surface area contributed by atoms with Crippen LogP contribution in [0.25, 0.3) is 0 Å². The van der Waals surface area contributed by atoms with E-state index >= 15 is 0 Å². The minimum atomic E-state index is -0.910. The van der Waals surface area contributed by atoms with Crippen LogP contribution < -0.4 is 5.73 Å². The van der Waals surface area contributed by atoms with Crippen molar-refractivity contribution in [1.29, 1.82) is 0 Å². The number of hydrogen-bond acceptors (Lipinski definition) is 4. The number of carbonyl (C=O) groups excluding carboxylic acids is 1. The average molecular weight is 133 g/mol. The summed E-state index contributed by atoms with van der Waals surface area (Å²) in [7, 11) is 0. The Labute approximate surface area is 53.3 Å². The number of carbonyl (C=O) groups is 1. The van der Waals surface area contributed by atoms with Crippen LogP contribution in [0.15, 0.2) is 0 Å². The molecule has 54 valence electrons. The number of nitrogens with two attached hydrogens (primary N) is 1. The Morgan fingerprint density at radius 2 is 2.22 bits per heavy atom. The van der Waals surface area contributed by atoms with Gasteiger partial charge in [0.1, 0.15) is 6.29 Å². The highest BCUT2D eigenvalue weighted by Gasteiger charge is 2.11. The molecular weight excluding hydrogens is 122 g/mol. The summed E-state index contributed by atoms with van der Waals surface area (Å²) < 4.78 is 0. The molecule has 0 radical (unpaired) electrons. The third-order valence-corrected chi connectivity index (χ3v) is 1.04. The summed E-state index contributed by atoms with van der Waals surface area (Å²) >= 11 is 0. The van der Waals surface area contributed by atoms with E-state index in [0.29, 0.717) is 6.29 Å². The predicted molar refractivity (Wildman–Crippen MR) is 31.7 cm³/mol. The van der Waals surface area contributed by atoms with Crippen molar-refractivity contribution in [2.24, 2.45) is 5.73 Å². The zero-order valence-electron chi connectivity index (χ0n) is 5.03. The lowest BCUT2D eigenvalue weighted by Gasteiger charge is -2.12. The fourth-order valence-corrected chi connectivity index (χ4v) is 0.395. The smallest absolute Gasteiger partial charge is 0.122 e. The molecule has 0 aliphatic carbocycles. The molecule has 0 rings (SSSR count). The molecule has 0 aromatic carbocycles. The van der Waals surface area contributed by atoms with Gasteiger partial charge in [0.15, 0.2) is 0 Å². The van der Waals surface area contributed by atoms with Crippen molar-refractivity contribution in [3.8, 4) is 0 Å². The molecule has 0 bridgehead atoms. The fraction of sp³-hybridized carbons (Fsp3) is 0.800. The second-order valence-electron chi connectivity index (χ2n) is 1.82. The quantitative estimate of drug-likeness (QED) is 0.397. The third-order valence-electron chi connectivity index (χ3n) is 1.04. The van der Waals surface area contributed by atoms with Crippen LogP contribution in [0.5, 0.6) is 0 Å². The van der Waals surface area contributed by atoms with E-state index in [2.05, 4.69) is 0 Å². The van der Waals surface area contributed by atoms with Gasteiger partial charge in [0.05, 0.1) is 18.8 Å². The van der Waals surface area contributed by atoms with E-state index < -0.39 is 12.1 Å². The van der Waals surface area contributed by atoms with Crippen molar-refractivity contribution in [1.82, 2.24) is 0 Å². The van der Waals surface area contributed by atoms with Crippen LogP contribution in [0, 0.1) is 0 Å². The van der Waals surface area contributed by atoms with E-state index in [0.717, 1.165) is 0 Å². The van der Waals surface area contributed by atoms with Gasteiger partial charge < -0.3 is 20.7 Å². The van der Waals surface area contributed by atoms with E-state index in [1.807, 2.05) is 0 Å². The Kier molecular flexibility index (Phi) is 4.21. The Bertz CT molecular complexity index is 86.3. The molecule has 0 amide bonds. The lowest BCUT2D eigenvalue weighted by atomic mass is 10.1. The lowest BCUT2D eigenvalue weighted by Crippen LogP contribution is -2.37. The first-order valence-electron chi connectivity index (χ1n) is 2.70. The second-order valence-corrected chi connectivity index (χ2v) is 1.82. The maximum absolute atomic E-state index is 9.74. The monoisotopic (exact) mass is 133 g/mol. The number of hydrogen-bond donors (Lipinski definition) is 3. The minimum absolute atomic E-state index is 0.0122. The molecule has 2 unspecified atom stereocenters. The normalized spacial score (nSPS) is 16.8. The van der Waals surface area contributed by atoms with E-state index in [1.54, 1.807) is 0 Å². The summed E-state index contributed by atoms with van der Waals surface area (Å²) in [4.78, 5) is 9.74. The molecule has 0 aliphatic rings. The van der Waals surface area contributed by atoms with Gasteiger partial charge in [-0.05, 0) is 0 Å². The molecule has 0 aromatic heterocycles. The van der Waals surface area contributed by atoms with Crippen molar-refractivity contribution in [3.05, 3.63) is 0 Å². The summed E-state index contributed by atoms with van der Waals surface area (Å²) in [6.07, 6.45) is -0.352. The van der Waals surface area contributed by atoms with Gasteiger partial charge in [-0.2, -0.15) is 0 Å². The van der Waals surface area contributed by atoms with Gasteiger partial charge in [-0.1, -0.05) is 0 Å². The molecule has 0 fully saturated rings. The first-order chi connectivity index (χ1) is 4.22. The van der Waals surface area contributed by atoms with Crippen molar-refractivity contribution in [2.75, 3.05) is 6.61 Å². The Balaban J connectivity index is 3.44. The van der Waals surface area contributed by atoms with Crippen LogP contribution in [0.3, 0.4) is 0 Å². The molecule has 0 aliphatic heterocycles. The second kappa shape index (κ2) is 4.43. The van der Waals surface area contributed by atoms with Gasteiger partial charge in [-0.3, -0.25) is 0 Å². The van der Waals surface area contributed by atoms with Crippen molar-refractivity contribution >= 4 is 6.29 Å². The summed E-state index contributed by atoms with van der Waals surface area (Å²) in [6.45, 7) is -0.297. The lowest BCUT2D eigenvalue weighted by molar-refractivity contribution is -0.109. The minimum Gasteiger partial charge on any atom is -0.395 e. The molecule has 4 heteroatoms. The van der Waals surface area contributed by atoms with Gasteiger partial charge in [0.2, 0.25) is 0 Å². The average Bonchev–Trinajstić information content (AvgIpc) is 1.87. The number of aliphatic hydroxyl groups is 2. The van der Waals surface area contributed by atoms with E-state index in [1.165, 1.54) is 0 Å². The highest BCUT2D eigenvalue weighted by Crippen LogP contribution is 1.91. The molecule has 0 heterocycles. The third kappa shape index (κ3) is 3.18. The Morgan fingerprint density at radius 1 is 1.67 bits per heavy atom. The summed E-state index contributed by atoms with van der Waals surface area (Å²) in [6, 6.07) is -0.699. The SMILES string of the molecule is NC(CO)C(O)CC=O. The Morgan fingerprint density at radius 3 is 2.56 bits per heavy atom. The number of aliphatic hydroxyl groups excluding tert-OH is 2. The van der Waals surface area contributed by atoms with Crippen LogP contribution >= 0.6 is 0 Å². The predicted octanol–water partition coefficient (Wildman–Crippen LogP) is -1.74. The summed E-state index contributed by atoms with van der Waals surface area (Å²) in [5.74, 6) is 0. The zero-order chi connectivity index (χ0) is 7.28.